The van der Waals surface area contributed by atoms with E-state index in [1.807, 2.05) is 38.0 Å². The fourth-order valence-corrected chi connectivity index (χ4v) is 3.72. The molecule has 0 aliphatic heterocycles. The monoisotopic (exact) mass is 373 g/mol. The van der Waals surface area contributed by atoms with Crippen LogP contribution in [-0.4, -0.2) is 43.0 Å². The Morgan fingerprint density at radius 2 is 1.93 bits per heavy atom. The van der Waals surface area contributed by atoms with E-state index in [1.165, 1.54) is 12.8 Å². The smallest absolute Gasteiger partial charge is 0.131 e. The molecule has 0 saturated heterocycles. The first-order chi connectivity index (χ1) is 13.7. The summed E-state index contributed by atoms with van der Waals surface area (Å²) < 4.78 is 2.07. The maximum absolute atomic E-state index is 4.73. The lowest BCUT2D eigenvalue weighted by atomic mass is 10.0. The van der Waals surface area contributed by atoms with Crippen LogP contribution in [0.15, 0.2) is 49.2 Å². The quantitative estimate of drug-likeness (QED) is 0.542. The summed E-state index contributed by atoms with van der Waals surface area (Å²) in [4.78, 5) is 9.25. The first-order valence-corrected chi connectivity index (χ1v) is 9.70. The molecule has 1 aliphatic rings. The summed E-state index contributed by atoms with van der Waals surface area (Å²) in [6.07, 6.45) is 12.0. The molecule has 0 amide bonds. The lowest BCUT2D eigenvalue weighted by Gasteiger charge is -2.25. The van der Waals surface area contributed by atoms with E-state index >= 15 is 0 Å². The fourth-order valence-electron chi connectivity index (χ4n) is 3.72. The van der Waals surface area contributed by atoms with Crippen molar-refractivity contribution in [2.24, 2.45) is 0 Å². The van der Waals surface area contributed by atoms with E-state index in [0.717, 1.165) is 33.4 Å². The summed E-state index contributed by atoms with van der Waals surface area (Å²) in [6.45, 7) is 2.16. The Morgan fingerprint density at radius 3 is 2.61 bits per heavy atom. The van der Waals surface area contributed by atoms with Gasteiger partial charge in [0, 0.05) is 47.1 Å². The summed E-state index contributed by atoms with van der Waals surface area (Å²) in [6, 6.07) is 6.57. The van der Waals surface area contributed by atoms with Crippen LogP contribution in [0.1, 0.15) is 43.1 Å². The van der Waals surface area contributed by atoms with Crippen molar-refractivity contribution in [1.29, 1.82) is 0 Å². The second-order valence-corrected chi connectivity index (χ2v) is 7.52. The molecule has 1 aliphatic carbocycles. The van der Waals surface area contributed by atoms with Crippen LogP contribution in [-0.2, 0) is 0 Å². The number of aromatic nitrogens is 6. The molecule has 3 heterocycles. The molecule has 0 spiro atoms. The molecule has 28 heavy (non-hydrogen) atoms. The summed E-state index contributed by atoms with van der Waals surface area (Å²) in [7, 11) is 1.97. The van der Waals surface area contributed by atoms with Crippen LogP contribution in [0.2, 0.25) is 0 Å². The van der Waals surface area contributed by atoms with Crippen LogP contribution in [0.25, 0.3) is 22.0 Å². The Labute approximate surface area is 163 Å². The number of hydrogen-bond acceptors (Lipinski definition) is 5. The van der Waals surface area contributed by atoms with Crippen LogP contribution in [0.3, 0.4) is 0 Å². The van der Waals surface area contributed by atoms with Crippen molar-refractivity contribution in [3.05, 3.63) is 60.6 Å². The average Bonchev–Trinajstić information content (AvgIpc) is 3.28. The lowest BCUT2D eigenvalue weighted by molar-refractivity contribution is 0.417. The van der Waals surface area contributed by atoms with E-state index in [-0.39, 0.29) is 12.1 Å². The molecule has 2 atom stereocenters. The number of rotatable bonds is 6. The number of hydrogen-bond donors (Lipinski definition) is 2. The molecule has 0 bridgehead atoms. The normalized spacial score (nSPS) is 16.4. The highest BCUT2D eigenvalue weighted by Crippen LogP contribution is 2.38. The minimum atomic E-state index is 0.00975. The fraction of sp³-hybridized carbons (Fsp3) is 0.333. The number of nitrogens with one attached hydrogen (secondary N) is 2. The van der Waals surface area contributed by atoms with E-state index in [0.29, 0.717) is 5.92 Å². The van der Waals surface area contributed by atoms with Crippen molar-refractivity contribution in [2.75, 3.05) is 7.05 Å². The number of H-pyrrole nitrogens is 1. The summed E-state index contributed by atoms with van der Waals surface area (Å²) in [5, 5.41) is 16.1. The second-order valence-electron chi connectivity index (χ2n) is 7.52. The Kier molecular flexibility index (Phi) is 4.16. The zero-order chi connectivity index (χ0) is 19.1. The third-order valence-electron chi connectivity index (χ3n) is 5.60. The van der Waals surface area contributed by atoms with Gasteiger partial charge < -0.3 is 5.32 Å². The van der Waals surface area contributed by atoms with Gasteiger partial charge in [-0.1, -0.05) is 6.07 Å². The molecule has 1 fully saturated rings. The molecule has 4 aromatic rings. The highest BCUT2D eigenvalue weighted by atomic mass is 15.3. The zero-order valence-corrected chi connectivity index (χ0v) is 16.0. The average molecular weight is 373 g/mol. The molecule has 1 saturated carbocycles. The summed E-state index contributed by atoms with van der Waals surface area (Å²) in [5.74, 6) is 1.52. The van der Waals surface area contributed by atoms with Gasteiger partial charge in [-0.3, -0.25) is 9.78 Å². The van der Waals surface area contributed by atoms with Gasteiger partial charge in [-0.15, -0.1) is 0 Å². The van der Waals surface area contributed by atoms with Gasteiger partial charge in [0.1, 0.15) is 5.82 Å². The summed E-state index contributed by atoms with van der Waals surface area (Å²) in [5.41, 5.74) is 4.34. The maximum Gasteiger partial charge on any atom is 0.131 e. The number of likely N-dealkylation sites (N-methyl/N-ethyl adjacent to an activating group) is 1. The van der Waals surface area contributed by atoms with E-state index in [2.05, 4.69) is 55.3 Å². The van der Waals surface area contributed by atoms with Gasteiger partial charge in [0.15, 0.2) is 0 Å². The third-order valence-corrected chi connectivity index (χ3v) is 5.60. The molecule has 0 radical (unpaired) electrons. The van der Waals surface area contributed by atoms with Gasteiger partial charge in [-0.05, 0) is 44.5 Å². The zero-order valence-electron chi connectivity index (χ0n) is 16.0. The van der Waals surface area contributed by atoms with Crippen molar-refractivity contribution < 1.29 is 0 Å². The number of benzene rings is 1. The van der Waals surface area contributed by atoms with Gasteiger partial charge in [0.05, 0.1) is 24.0 Å². The van der Waals surface area contributed by atoms with Gasteiger partial charge in [-0.25, -0.2) is 9.97 Å². The molecular weight excluding hydrogens is 350 g/mol. The molecular formula is C21H23N7. The Balaban J connectivity index is 1.55. The molecule has 0 unspecified atom stereocenters. The van der Waals surface area contributed by atoms with Crippen molar-refractivity contribution >= 4 is 10.9 Å². The topological polar surface area (TPSA) is 84.3 Å². The van der Waals surface area contributed by atoms with Crippen LogP contribution in [0.5, 0.6) is 0 Å². The molecule has 7 nitrogen and oxygen atoms in total. The second kappa shape index (κ2) is 6.83. The van der Waals surface area contributed by atoms with E-state index in [9.17, 15) is 0 Å². The molecule has 5 rings (SSSR count). The number of fused-ring (bicyclic) bond motifs is 1. The van der Waals surface area contributed by atoms with Crippen LogP contribution >= 0.6 is 0 Å². The Morgan fingerprint density at radius 1 is 1.11 bits per heavy atom. The predicted molar refractivity (Wildman–Crippen MR) is 108 cm³/mol. The van der Waals surface area contributed by atoms with E-state index < -0.39 is 0 Å². The molecule has 142 valence electrons. The number of nitrogens with zero attached hydrogens (tertiary/aromatic N) is 5. The van der Waals surface area contributed by atoms with Gasteiger partial charge in [0.25, 0.3) is 0 Å². The predicted octanol–water partition coefficient (Wildman–Crippen LogP) is 3.29. The van der Waals surface area contributed by atoms with Crippen molar-refractivity contribution in [1.82, 2.24) is 35.3 Å². The largest absolute Gasteiger partial charge is 0.315 e. The van der Waals surface area contributed by atoms with Crippen LogP contribution < -0.4 is 5.32 Å². The first kappa shape index (κ1) is 17.1. The first-order valence-electron chi connectivity index (χ1n) is 9.70. The Bertz CT molecular complexity index is 1080. The van der Waals surface area contributed by atoms with E-state index in [1.54, 1.807) is 0 Å². The molecule has 1 aromatic carbocycles. The lowest BCUT2D eigenvalue weighted by Crippen LogP contribution is -2.34. The van der Waals surface area contributed by atoms with Gasteiger partial charge in [0.2, 0.25) is 0 Å². The van der Waals surface area contributed by atoms with Crippen molar-refractivity contribution in [3.63, 3.8) is 0 Å². The van der Waals surface area contributed by atoms with Crippen molar-refractivity contribution in [3.8, 4) is 11.1 Å². The van der Waals surface area contributed by atoms with Crippen LogP contribution in [0, 0.1) is 0 Å². The maximum atomic E-state index is 4.73. The highest BCUT2D eigenvalue weighted by molar-refractivity contribution is 5.84. The minimum Gasteiger partial charge on any atom is -0.315 e. The third kappa shape index (κ3) is 2.97. The Hall–Kier alpha value is -3.06. The molecule has 7 heteroatoms. The van der Waals surface area contributed by atoms with Gasteiger partial charge >= 0.3 is 0 Å². The molecule has 2 N–H and O–H groups in total. The highest BCUT2D eigenvalue weighted by Gasteiger charge is 2.28. The van der Waals surface area contributed by atoms with Crippen LogP contribution in [0.4, 0.5) is 0 Å². The van der Waals surface area contributed by atoms with E-state index in [4.69, 9.17) is 5.10 Å². The van der Waals surface area contributed by atoms with Gasteiger partial charge in [-0.2, -0.15) is 10.2 Å². The standard InChI is InChI=1S/C21H23N7/c1-13(22-2)20(18-8-23-21(24-9-18)14-3-4-14)28-19-6-5-15(7-16(19)12-27-28)17-10-25-26-11-17/h5-14,20,22H,3-4H2,1-2H3,(H,25,26)/t13-,20-/m1/s1. The SMILES string of the molecule is CN[C@H](C)[C@H](c1cnc(C2CC2)nc1)n1ncc2cc(-c3cn[nH]c3)ccc21. The summed E-state index contributed by atoms with van der Waals surface area (Å²) >= 11 is 0. The number of aromatic amines is 1. The van der Waals surface area contributed by atoms with Crippen molar-refractivity contribution in [2.45, 2.75) is 37.8 Å². The molecule has 3 aromatic heterocycles. The minimum absolute atomic E-state index is 0.00975.